The summed E-state index contributed by atoms with van der Waals surface area (Å²) in [6, 6.07) is 11.9. The average molecular weight is 328 g/mol. The number of hydrogen-bond acceptors (Lipinski definition) is 4. The Bertz CT molecular complexity index is 711. The average Bonchev–Trinajstić information content (AvgIpc) is 3.15. The summed E-state index contributed by atoms with van der Waals surface area (Å²) < 4.78 is 0. The van der Waals surface area contributed by atoms with Crippen LogP contribution in [0.4, 0.5) is 0 Å². The number of nitrogens with two attached hydrogens (primary N) is 1. The van der Waals surface area contributed by atoms with Gasteiger partial charge in [-0.15, -0.1) is 11.3 Å². The van der Waals surface area contributed by atoms with E-state index in [4.69, 9.17) is 5.73 Å². The smallest absolute Gasteiger partial charge is 0.227 e. The minimum Gasteiger partial charge on any atom is -0.340 e. The molecule has 0 radical (unpaired) electrons. The molecule has 1 aliphatic heterocycles. The van der Waals surface area contributed by atoms with Crippen molar-refractivity contribution in [2.45, 2.75) is 25.3 Å². The molecule has 0 saturated carbocycles. The van der Waals surface area contributed by atoms with E-state index in [0.29, 0.717) is 24.4 Å². The van der Waals surface area contributed by atoms with Crippen LogP contribution in [0.15, 0.2) is 41.8 Å². The lowest BCUT2D eigenvalue weighted by Crippen LogP contribution is -2.33. The van der Waals surface area contributed by atoms with Crippen molar-refractivity contribution in [3.8, 4) is 0 Å². The fourth-order valence-electron chi connectivity index (χ4n) is 3.02. The third kappa shape index (κ3) is 3.51. The van der Waals surface area contributed by atoms with E-state index in [0.717, 1.165) is 5.56 Å². The fraction of sp³-hybridized carbons (Fsp3) is 0.333. The Balaban J connectivity index is 1.65. The largest absolute Gasteiger partial charge is 0.340 e. The highest BCUT2D eigenvalue weighted by molar-refractivity contribution is 7.12. The van der Waals surface area contributed by atoms with Crippen LogP contribution in [0.25, 0.3) is 0 Å². The Labute approximate surface area is 139 Å². The van der Waals surface area contributed by atoms with Crippen molar-refractivity contribution in [2.75, 3.05) is 13.1 Å². The van der Waals surface area contributed by atoms with Crippen molar-refractivity contribution in [3.63, 3.8) is 0 Å². The SMILES string of the molecule is CC(=O)c1cc(CC(=O)N2C[C@H](c3ccccc3)[C@@H](N)C2)cs1. The summed E-state index contributed by atoms with van der Waals surface area (Å²) in [7, 11) is 0. The maximum atomic E-state index is 12.5. The first-order valence-electron chi connectivity index (χ1n) is 7.71. The van der Waals surface area contributed by atoms with E-state index in [2.05, 4.69) is 12.1 Å². The van der Waals surface area contributed by atoms with Crippen molar-refractivity contribution >= 4 is 23.0 Å². The van der Waals surface area contributed by atoms with E-state index in [1.54, 1.807) is 6.92 Å². The molecule has 0 aliphatic carbocycles. The van der Waals surface area contributed by atoms with Gasteiger partial charge in [0, 0.05) is 25.0 Å². The van der Waals surface area contributed by atoms with Crippen molar-refractivity contribution in [2.24, 2.45) is 5.73 Å². The lowest BCUT2D eigenvalue weighted by atomic mass is 9.95. The molecule has 120 valence electrons. The molecule has 1 aliphatic rings. The highest BCUT2D eigenvalue weighted by Gasteiger charge is 2.33. The molecule has 23 heavy (non-hydrogen) atoms. The molecule has 2 atom stereocenters. The maximum Gasteiger partial charge on any atom is 0.227 e. The van der Waals surface area contributed by atoms with Crippen molar-refractivity contribution in [1.82, 2.24) is 4.90 Å². The summed E-state index contributed by atoms with van der Waals surface area (Å²) in [5.41, 5.74) is 8.33. The van der Waals surface area contributed by atoms with Gasteiger partial charge >= 0.3 is 0 Å². The van der Waals surface area contributed by atoms with Gasteiger partial charge in [0.1, 0.15) is 0 Å². The van der Waals surface area contributed by atoms with Gasteiger partial charge in [0.25, 0.3) is 0 Å². The number of nitrogens with zero attached hydrogens (tertiary/aromatic N) is 1. The van der Waals surface area contributed by atoms with E-state index in [1.807, 2.05) is 34.5 Å². The van der Waals surface area contributed by atoms with Gasteiger partial charge < -0.3 is 10.6 Å². The van der Waals surface area contributed by atoms with Gasteiger partial charge in [0.2, 0.25) is 5.91 Å². The van der Waals surface area contributed by atoms with Crippen LogP contribution in [0, 0.1) is 0 Å². The number of Topliss-reactive ketones (excluding diaryl/α,β-unsaturated/α-hetero) is 1. The molecule has 3 rings (SSSR count). The van der Waals surface area contributed by atoms with Crippen molar-refractivity contribution < 1.29 is 9.59 Å². The van der Waals surface area contributed by atoms with E-state index >= 15 is 0 Å². The summed E-state index contributed by atoms with van der Waals surface area (Å²) in [6.07, 6.45) is 0.331. The zero-order valence-corrected chi connectivity index (χ0v) is 13.9. The number of benzene rings is 1. The number of carbonyl (C=O) groups is 2. The predicted molar refractivity (Wildman–Crippen MR) is 91.8 cm³/mol. The summed E-state index contributed by atoms with van der Waals surface area (Å²) >= 11 is 1.40. The van der Waals surface area contributed by atoms with Crippen LogP contribution >= 0.6 is 11.3 Å². The van der Waals surface area contributed by atoms with E-state index in [9.17, 15) is 9.59 Å². The third-order valence-corrected chi connectivity index (χ3v) is 5.38. The molecule has 1 amide bonds. The van der Waals surface area contributed by atoms with Crippen LogP contribution in [0.5, 0.6) is 0 Å². The fourth-order valence-corrected chi connectivity index (χ4v) is 3.84. The first-order chi connectivity index (χ1) is 11.0. The molecular weight excluding hydrogens is 308 g/mol. The standard InChI is InChI=1S/C18H20N2O2S/c1-12(21)17-7-13(11-23-17)8-18(22)20-9-15(16(19)10-20)14-5-3-2-4-6-14/h2-7,11,15-16H,8-10,19H2,1H3/t15-,16+/m1/s1. The second-order valence-corrected chi connectivity index (χ2v) is 6.94. The molecule has 0 spiro atoms. The van der Waals surface area contributed by atoms with Gasteiger partial charge in [-0.3, -0.25) is 9.59 Å². The first kappa shape index (κ1) is 15.9. The molecule has 1 aromatic carbocycles. The molecule has 1 fully saturated rings. The van der Waals surface area contributed by atoms with Gasteiger partial charge in [-0.1, -0.05) is 30.3 Å². The molecule has 2 aromatic rings. The van der Waals surface area contributed by atoms with E-state index in [-0.39, 0.29) is 23.7 Å². The number of likely N-dealkylation sites (tertiary alicyclic amines) is 1. The molecule has 2 heterocycles. The summed E-state index contributed by atoms with van der Waals surface area (Å²) in [6.45, 7) is 2.79. The maximum absolute atomic E-state index is 12.5. The number of carbonyl (C=O) groups excluding carboxylic acids is 2. The molecule has 4 nitrogen and oxygen atoms in total. The third-order valence-electron chi connectivity index (χ3n) is 4.30. The Kier molecular flexibility index (Phi) is 4.59. The normalized spacial score (nSPS) is 20.7. The zero-order chi connectivity index (χ0) is 16.4. The topological polar surface area (TPSA) is 63.4 Å². The van der Waals surface area contributed by atoms with Crippen molar-refractivity contribution in [3.05, 3.63) is 57.8 Å². The summed E-state index contributed by atoms with van der Waals surface area (Å²) in [5, 5.41) is 1.89. The quantitative estimate of drug-likeness (QED) is 0.877. The number of rotatable bonds is 4. The van der Waals surface area contributed by atoms with E-state index < -0.39 is 0 Å². The number of amides is 1. The summed E-state index contributed by atoms with van der Waals surface area (Å²) in [5.74, 6) is 0.309. The van der Waals surface area contributed by atoms with E-state index in [1.165, 1.54) is 16.9 Å². The van der Waals surface area contributed by atoms with Gasteiger partial charge in [0.05, 0.1) is 11.3 Å². The monoisotopic (exact) mass is 328 g/mol. The summed E-state index contributed by atoms with van der Waals surface area (Å²) in [4.78, 5) is 26.4. The molecule has 0 unspecified atom stereocenters. The Hall–Kier alpha value is -1.98. The van der Waals surface area contributed by atoms with Gasteiger partial charge in [-0.25, -0.2) is 0 Å². The molecule has 1 aromatic heterocycles. The second-order valence-electron chi connectivity index (χ2n) is 6.03. The Morgan fingerprint density at radius 3 is 2.65 bits per heavy atom. The first-order valence-corrected chi connectivity index (χ1v) is 8.59. The van der Waals surface area contributed by atoms with Crippen LogP contribution in [0.1, 0.15) is 33.6 Å². The van der Waals surface area contributed by atoms with Crippen LogP contribution in [-0.2, 0) is 11.2 Å². The second kappa shape index (κ2) is 6.64. The number of ketones is 1. The van der Waals surface area contributed by atoms with Crippen LogP contribution in [0.3, 0.4) is 0 Å². The molecular formula is C18H20N2O2S. The highest BCUT2D eigenvalue weighted by Crippen LogP contribution is 2.27. The predicted octanol–water partition coefficient (Wildman–Crippen LogP) is 2.45. The molecule has 5 heteroatoms. The molecule has 2 N–H and O–H groups in total. The van der Waals surface area contributed by atoms with Crippen molar-refractivity contribution in [1.29, 1.82) is 0 Å². The lowest BCUT2D eigenvalue weighted by molar-refractivity contribution is -0.129. The van der Waals surface area contributed by atoms with Gasteiger partial charge in [-0.2, -0.15) is 0 Å². The lowest BCUT2D eigenvalue weighted by Gasteiger charge is -2.16. The molecule has 1 saturated heterocycles. The van der Waals surface area contributed by atoms with Gasteiger partial charge in [-0.05, 0) is 29.5 Å². The Morgan fingerprint density at radius 1 is 1.26 bits per heavy atom. The molecule has 0 bridgehead atoms. The number of thiophene rings is 1. The minimum absolute atomic E-state index is 0.0309. The van der Waals surface area contributed by atoms with Crippen LogP contribution in [0.2, 0.25) is 0 Å². The van der Waals surface area contributed by atoms with Crippen LogP contribution < -0.4 is 5.73 Å². The Morgan fingerprint density at radius 2 is 2.00 bits per heavy atom. The van der Waals surface area contributed by atoms with Crippen LogP contribution in [-0.4, -0.2) is 35.7 Å². The zero-order valence-electron chi connectivity index (χ0n) is 13.1. The van der Waals surface area contributed by atoms with Gasteiger partial charge in [0.15, 0.2) is 5.78 Å². The minimum atomic E-state index is -0.0309. The highest BCUT2D eigenvalue weighted by atomic mass is 32.1. The number of hydrogen-bond donors (Lipinski definition) is 1.